The molecule has 0 spiro atoms. The molecule has 2 aromatic rings. The number of aromatic nitrogens is 2. The SMILES string of the molecule is CCc1cc(Cl)c(-n2ncc(C#N)c2NC(C)=O)c(Cl)c1. The molecule has 1 heterocycles. The minimum atomic E-state index is -0.314. The Balaban J connectivity index is 2.65. The zero-order chi connectivity index (χ0) is 15.6. The van der Waals surface area contributed by atoms with Gasteiger partial charge in [-0.3, -0.25) is 4.79 Å². The van der Waals surface area contributed by atoms with E-state index in [1.165, 1.54) is 17.8 Å². The summed E-state index contributed by atoms with van der Waals surface area (Å²) in [5.41, 5.74) is 1.65. The van der Waals surface area contributed by atoms with Crippen molar-refractivity contribution in [2.45, 2.75) is 20.3 Å². The number of benzene rings is 1. The number of hydrogen-bond donors (Lipinski definition) is 1. The Bertz CT molecular complexity index is 723. The monoisotopic (exact) mass is 322 g/mol. The highest BCUT2D eigenvalue weighted by Crippen LogP contribution is 2.33. The van der Waals surface area contributed by atoms with Gasteiger partial charge in [0.15, 0.2) is 5.82 Å². The van der Waals surface area contributed by atoms with Crippen LogP contribution in [0.5, 0.6) is 0 Å². The first-order valence-electron chi connectivity index (χ1n) is 6.22. The number of amides is 1. The summed E-state index contributed by atoms with van der Waals surface area (Å²) in [5.74, 6) is -0.0660. The predicted molar refractivity (Wildman–Crippen MR) is 82.0 cm³/mol. The van der Waals surface area contributed by atoms with Crippen molar-refractivity contribution in [2.24, 2.45) is 0 Å². The summed E-state index contributed by atoms with van der Waals surface area (Å²) < 4.78 is 1.37. The molecular formula is C14H12Cl2N4O. The number of anilines is 1. The predicted octanol–water partition coefficient (Wildman–Crippen LogP) is 3.57. The van der Waals surface area contributed by atoms with Gasteiger partial charge in [-0.15, -0.1) is 0 Å². The van der Waals surface area contributed by atoms with E-state index in [1.54, 1.807) is 12.1 Å². The minimum Gasteiger partial charge on any atom is -0.310 e. The molecule has 0 aliphatic heterocycles. The zero-order valence-corrected chi connectivity index (χ0v) is 13.0. The lowest BCUT2D eigenvalue weighted by molar-refractivity contribution is -0.114. The van der Waals surface area contributed by atoms with Crippen LogP contribution in [0.15, 0.2) is 18.3 Å². The molecule has 21 heavy (non-hydrogen) atoms. The van der Waals surface area contributed by atoms with Crippen molar-refractivity contribution in [1.29, 1.82) is 5.26 Å². The van der Waals surface area contributed by atoms with Crippen LogP contribution in [0, 0.1) is 11.3 Å². The molecule has 1 aromatic carbocycles. The maximum Gasteiger partial charge on any atom is 0.222 e. The minimum absolute atomic E-state index is 0.233. The van der Waals surface area contributed by atoms with Crippen LogP contribution in [0.25, 0.3) is 5.69 Å². The highest BCUT2D eigenvalue weighted by Gasteiger charge is 2.18. The van der Waals surface area contributed by atoms with Gasteiger partial charge in [-0.25, -0.2) is 4.68 Å². The molecule has 0 saturated heterocycles. The third-order valence-corrected chi connectivity index (χ3v) is 3.46. The second kappa shape index (κ2) is 6.17. The third-order valence-electron chi connectivity index (χ3n) is 2.88. The summed E-state index contributed by atoms with van der Waals surface area (Å²) in [5, 5.41) is 16.6. The maximum atomic E-state index is 11.3. The largest absolute Gasteiger partial charge is 0.310 e. The summed E-state index contributed by atoms with van der Waals surface area (Å²) in [6.45, 7) is 3.34. The fraction of sp³-hybridized carbons (Fsp3) is 0.214. The van der Waals surface area contributed by atoms with Gasteiger partial charge in [0.1, 0.15) is 17.3 Å². The summed E-state index contributed by atoms with van der Waals surface area (Å²) in [6, 6.07) is 5.54. The lowest BCUT2D eigenvalue weighted by atomic mass is 10.1. The molecule has 0 fully saturated rings. The van der Waals surface area contributed by atoms with Crippen LogP contribution >= 0.6 is 23.2 Å². The molecule has 0 radical (unpaired) electrons. The topological polar surface area (TPSA) is 70.7 Å². The zero-order valence-electron chi connectivity index (χ0n) is 11.4. The number of hydrogen-bond acceptors (Lipinski definition) is 3. The van der Waals surface area contributed by atoms with E-state index in [4.69, 9.17) is 28.5 Å². The van der Waals surface area contributed by atoms with Crippen LogP contribution in [-0.2, 0) is 11.2 Å². The van der Waals surface area contributed by atoms with Crippen LogP contribution < -0.4 is 5.32 Å². The van der Waals surface area contributed by atoms with E-state index in [9.17, 15) is 4.79 Å². The maximum absolute atomic E-state index is 11.3. The van der Waals surface area contributed by atoms with Crippen molar-refractivity contribution in [3.05, 3.63) is 39.5 Å². The van der Waals surface area contributed by atoms with Crippen LogP contribution in [0.4, 0.5) is 5.82 Å². The van der Waals surface area contributed by atoms with E-state index in [2.05, 4.69) is 10.4 Å². The molecule has 1 aromatic heterocycles. The molecule has 1 amide bonds. The molecule has 7 heteroatoms. The number of nitrogens with one attached hydrogen (secondary N) is 1. The van der Waals surface area contributed by atoms with Gasteiger partial charge in [-0.2, -0.15) is 10.4 Å². The summed E-state index contributed by atoms with van der Waals surface area (Å²) in [7, 11) is 0. The summed E-state index contributed by atoms with van der Waals surface area (Å²) in [6.07, 6.45) is 2.15. The Morgan fingerprint density at radius 1 is 1.43 bits per heavy atom. The number of halogens is 2. The van der Waals surface area contributed by atoms with Crippen molar-refractivity contribution in [1.82, 2.24) is 9.78 Å². The van der Waals surface area contributed by atoms with Gasteiger partial charge < -0.3 is 5.32 Å². The van der Waals surface area contributed by atoms with Crippen LogP contribution in [0.1, 0.15) is 25.0 Å². The number of rotatable bonds is 3. The highest BCUT2D eigenvalue weighted by molar-refractivity contribution is 6.38. The molecule has 0 atom stereocenters. The molecule has 1 N–H and O–H groups in total. The normalized spacial score (nSPS) is 10.2. The molecule has 0 unspecified atom stereocenters. The first-order chi connectivity index (χ1) is 9.97. The Kier molecular flexibility index (Phi) is 4.51. The van der Waals surface area contributed by atoms with E-state index in [0.717, 1.165) is 12.0 Å². The second-order valence-electron chi connectivity index (χ2n) is 4.37. The number of carbonyl (C=O) groups is 1. The van der Waals surface area contributed by atoms with E-state index in [1.807, 2.05) is 13.0 Å². The second-order valence-corrected chi connectivity index (χ2v) is 5.19. The summed E-state index contributed by atoms with van der Waals surface area (Å²) in [4.78, 5) is 11.3. The number of nitrogens with zero attached hydrogens (tertiary/aromatic N) is 3. The van der Waals surface area contributed by atoms with Gasteiger partial charge in [0.25, 0.3) is 0 Å². The first-order valence-corrected chi connectivity index (χ1v) is 6.97. The Morgan fingerprint density at radius 2 is 2.05 bits per heavy atom. The lowest BCUT2D eigenvalue weighted by Crippen LogP contribution is -2.12. The summed E-state index contributed by atoms with van der Waals surface area (Å²) >= 11 is 12.5. The molecule has 0 bridgehead atoms. The number of carbonyl (C=O) groups excluding carboxylic acids is 1. The van der Waals surface area contributed by atoms with Gasteiger partial charge in [0.2, 0.25) is 5.91 Å². The Labute approximate surface area is 132 Å². The average molecular weight is 323 g/mol. The lowest BCUT2D eigenvalue weighted by Gasteiger charge is -2.12. The van der Waals surface area contributed by atoms with Crippen molar-refractivity contribution in [3.63, 3.8) is 0 Å². The van der Waals surface area contributed by atoms with Crippen LogP contribution in [0.2, 0.25) is 10.0 Å². The fourth-order valence-electron chi connectivity index (χ4n) is 1.91. The molecule has 2 rings (SSSR count). The molecule has 108 valence electrons. The standard InChI is InChI=1S/C14H12Cl2N4O/c1-3-9-4-11(15)13(12(16)5-9)20-14(19-8(2)21)10(6-17)7-18-20/h4-5,7H,3H2,1-2H3,(H,19,21). The van der Waals surface area contributed by atoms with Crippen molar-refractivity contribution in [2.75, 3.05) is 5.32 Å². The van der Waals surface area contributed by atoms with Crippen molar-refractivity contribution in [3.8, 4) is 11.8 Å². The van der Waals surface area contributed by atoms with E-state index >= 15 is 0 Å². The van der Waals surface area contributed by atoms with Gasteiger partial charge in [0.05, 0.1) is 16.2 Å². The number of aryl methyl sites for hydroxylation is 1. The average Bonchev–Trinajstić information content (AvgIpc) is 2.80. The highest BCUT2D eigenvalue weighted by atomic mass is 35.5. The molecule has 0 saturated carbocycles. The van der Waals surface area contributed by atoms with Gasteiger partial charge in [0, 0.05) is 6.92 Å². The van der Waals surface area contributed by atoms with E-state index in [0.29, 0.717) is 15.7 Å². The van der Waals surface area contributed by atoms with Crippen LogP contribution in [-0.4, -0.2) is 15.7 Å². The smallest absolute Gasteiger partial charge is 0.222 e. The number of nitriles is 1. The van der Waals surface area contributed by atoms with Crippen LogP contribution in [0.3, 0.4) is 0 Å². The van der Waals surface area contributed by atoms with E-state index in [-0.39, 0.29) is 17.3 Å². The quantitative estimate of drug-likeness (QED) is 0.938. The van der Waals surface area contributed by atoms with Gasteiger partial charge >= 0.3 is 0 Å². The van der Waals surface area contributed by atoms with Crippen molar-refractivity contribution < 1.29 is 4.79 Å². The Hall–Kier alpha value is -2.03. The first kappa shape index (κ1) is 15.4. The molecular weight excluding hydrogens is 311 g/mol. The molecule has 0 aliphatic rings. The third kappa shape index (κ3) is 3.02. The van der Waals surface area contributed by atoms with Crippen molar-refractivity contribution >= 4 is 34.9 Å². The Morgan fingerprint density at radius 3 is 2.52 bits per heavy atom. The van der Waals surface area contributed by atoms with E-state index < -0.39 is 0 Å². The van der Waals surface area contributed by atoms with Gasteiger partial charge in [-0.1, -0.05) is 30.1 Å². The van der Waals surface area contributed by atoms with Gasteiger partial charge in [-0.05, 0) is 24.1 Å². The molecule has 5 nitrogen and oxygen atoms in total. The molecule has 0 aliphatic carbocycles. The fourth-order valence-corrected chi connectivity index (χ4v) is 2.60.